The van der Waals surface area contributed by atoms with Gasteiger partial charge in [-0.1, -0.05) is 33.1 Å². The lowest BCUT2D eigenvalue weighted by Gasteiger charge is -2.32. The van der Waals surface area contributed by atoms with E-state index in [1.807, 2.05) is 29.5 Å². The predicted molar refractivity (Wildman–Crippen MR) is 108 cm³/mol. The summed E-state index contributed by atoms with van der Waals surface area (Å²) in [7, 11) is 0. The Morgan fingerprint density at radius 2 is 2.07 bits per heavy atom. The van der Waals surface area contributed by atoms with Crippen LogP contribution in [0, 0.1) is 5.92 Å². The summed E-state index contributed by atoms with van der Waals surface area (Å²) in [5, 5.41) is 10.5. The van der Waals surface area contributed by atoms with Gasteiger partial charge in [0.05, 0.1) is 49.3 Å². The first-order valence-electron chi connectivity index (χ1n) is 11.0. The number of carbonyl (C=O) groups excluding carboxylic acids is 2. The maximum Gasteiger partial charge on any atom is 0.315 e. The Labute approximate surface area is 172 Å². The van der Waals surface area contributed by atoms with E-state index >= 15 is 0 Å². The summed E-state index contributed by atoms with van der Waals surface area (Å²) in [6.45, 7) is 6.79. The van der Waals surface area contributed by atoms with E-state index in [1.165, 1.54) is 19.3 Å². The number of aromatic nitrogens is 2. The Morgan fingerprint density at radius 3 is 2.83 bits per heavy atom. The molecule has 3 heterocycles. The van der Waals surface area contributed by atoms with Gasteiger partial charge >= 0.3 is 6.03 Å². The van der Waals surface area contributed by atoms with Crippen molar-refractivity contribution in [3.05, 3.63) is 17.5 Å². The van der Waals surface area contributed by atoms with Crippen LogP contribution in [0.15, 0.2) is 6.07 Å². The van der Waals surface area contributed by atoms with E-state index in [1.54, 1.807) is 0 Å². The number of nitrogens with one attached hydrogen (secondary N) is 2. The van der Waals surface area contributed by atoms with Gasteiger partial charge in [0, 0.05) is 12.5 Å². The van der Waals surface area contributed by atoms with E-state index in [0.29, 0.717) is 32.8 Å². The van der Waals surface area contributed by atoms with E-state index < -0.39 is 0 Å². The molecule has 1 spiro atoms. The molecule has 4 rings (SSSR count). The first kappa shape index (κ1) is 20.2. The number of carbonyl (C=O) groups is 2. The molecule has 8 heteroatoms. The van der Waals surface area contributed by atoms with Crippen molar-refractivity contribution < 1.29 is 14.3 Å². The summed E-state index contributed by atoms with van der Waals surface area (Å²) < 4.78 is 8.01. The van der Waals surface area contributed by atoms with Crippen LogP contribution < -0.4 is 10.6 Å². The van der Waals surface area contributed by atoms with Crippen molar-refractivity contribution in [1.82, 2.24) is 25.3 Å². The molecule has 1 saturated carbocycles. The van der Waals surface area contributed by atoms with Crippen molar-refractivity contribution in [2.45, 2.75) is 83.6 Å². The molecule has 8 nitrogen and oxygen atoms in total. The summed E-state index contributed by atoms with van der Waals surface area (Å²) >= 11 is 0. The average Bonchev–Trinajstić information content (AvgIpc) is 3.29. The van der Waals surface area contributed by atoms with E-state index in [4.69, 9.17) is 4.74 Å². The molecular weight excluding hydrogens is 370 g/mol. The SMILES string of the molecule is CC(C)C(=O)N1CCn2nc(CNC(=O)N[C@@H]3COC4(CCCCC4)C3)cc2C1. The van der Waals surface area contributed by atoms with Crippen LogP contribution >= 0.6 is 0 Å². The fourth-order valence-electron chi connectivity index (χ4n) is 4.85. The Bertz CT molecular complexity index is 753. The van der Waals surface area contributed by atoms with Crippen LogP contribution in [0.1, 0.15) is 63.8 Å². The highest BCUT2D eigenvalue weighted by molar-refractivity contribution is 5.78. The molecule has 1 atom stereocenters. The maximum absolute atomic E-state index is 12.3. The largest absolute Gasteiger partial charge is 0.373 e. The summed E-state index contributed by atoms with van der Waals surface area (Å²) in [6.07, 6.45) is 6.89. The van der Waals surface area contributed by atoms with Crippen LogP contribution in [0.2, 0.25) is 0 Å². The Hall–Kier alpha value is -2.09. The average molecular weight is 404 g/mol. The smallest absolute Gasteiger partial charge is 0.315 e. The molecule has 1 saturated heterocycles. The lowest BCUT2D eigenvalue weighted by atomic mass is 9.82. The molecule has 29 heavy (non-hydrogen) atoms. The zero-order valence-electron chi connectivity index (χ0n) is 17.6. The van der Waals surface area contributed by atoms with Gasteiger partial charge in [0.2, 0.25) is 5.91 Å². The van der Waals surface area contributed by atoms with Gasteiger partial charge < -0.3 is 20.3 Å². The molecule has 160 valence electrons. The number of hydrogen-bond donors (Lipinski definition) is 2. The summed E-state index contributed by atoms with van der Waals surface area (Å²) in [4.78, 5) is 26.4. The number of urea groups is 1. The normalized spacial score (nSPS) is 23.3. The lowest BCUT2D eigenvalue weighted by Crippen LogP contribution is -2.43. The molecule has 1 aromatic heterocycles. The second-order valence-corrected chi connectivity index (χ2v) is 9.05. The van der Waals surface area contributed by atoms with Crippen LogP contribution in [-0.2, 0) is 29.2 Å². The zero-order chi connectivity index (χ0) is 20.4. The monoisotopic (exact) mass is 403 g/mol. The molecule has 0 unspecified atom stereocenters. The minimum absolute atomic E-state index is 0.00150. The maximum atomic E-state index is 12.3. The molecule has 2 N–H and O–H groups in total. The van der Waals surface area contributed by atoms with Gasteiger partial charge in [0.15, 0.2) is 0 Å². The fraction of sp³-hybridized carbons (Fsp3) is 0.762. The minimum atomic E-state index is -0.172. The third-order valence-corrected chi connectivity index (χ3v) is 6.39. The highest BCUT2D eigenvalue weighted by Gasteiger charge is 2.41. The van der Waals surface area contributed by atoms with E-state index in [0.717, 1.165) is 30.7 Å². The van der Waals surface area contributed by atoms with Crippen LogP contribution in [0.25, 0.3) is 0 Å². The van der Waals surface area contributed by atoms with Gasteiger partial charge in [-0.3, -0.25) is 9.48 Å². The third kappa shape index (κ3) is 4.57. The Balaban J connectivity index is 1.25. The number of ether oxygens (including phenoxy) is 1. The molecule has 1 aliphatic carbocycles. The number of nitrogens with zero attached hydrogens (tertiary/aromatic N) is 3. The highest BCUT2D eigenvalue weighted by atomic mass is 16.5. The van der Waals surface area contributed by atoms with Gasteiger partial charge in [-0.2, -0.15) is 5.10 Å². The van der Waals surface area contributed by atoms with Crippen LogP contribution in [-0.4, -0.2) is 51.4 Å². The molecule has 2 fully saturated rings. The van der Waals surface area contributed by atoms with Gasteiger partial charge in [-0.15, -0.1) is 0 Å². The molecule has 0 bridgehead atoms. The van der Waals surface area contributed by atoms with Crippen molar-refractivity contribution in [2.24, 2.45) is 5.92 Å². The van der Waals surface area contributed by atoms with Crippen LogP contribution in [0.5, 0.6) is 0 Å². The van der Waals surface area contributed by atoms with Gasteiger partial charge in [-0.25, -0.2) is 4.79 Å². The van der Waals surface area contributed by atoms with Gasteiger partial charge in [0.1, 0.15) is 0 Å². The molecule has 2 aliphatic heterocycles. The molecule has 0 aromatic carbocycles. The Kier molecular flexibility index (Phi) is 5.81. The van der Waals surface area contributed by atoms with Crippen molar-refractivity contribution in [1.29, 1.82) is 0 Å². The quantitative estimate of drug-likeness (QED) is 0.806. The van der Waals surface area contributed by atoms with Gasteiger partial charge in [-0.05, 0) is 25.3 Å². The van der Waals surface area contributed by atoms with Crippen LogP contribution in [0.4, 0.5) is 4.79 Å². The fourth-order valence-corrected chi connectivity index (χ4v) is 4.85. The topological polar surface area (TPSA) is 88.5 Å². The number of rotatable bonds is 4. The first-order valence-corrected chi connectivity index (χ1v) is 11.0. The van der Waals surface area contributed by atoms with Crippen molar-refractivity contribution >= 4 is 11.9 Å². The van der Waals surface area contributed by atoms with E-state index in [2.05, 4.69) is 15.7 Å². The lowest BCUT2D eigenvalue weighted by molar-refractivity contribution is -0.136. The van der Waals surface area contributed by atoms with Crippen molar-refractivity contribution in [2.75, 3.05) is 13.2 Å². The van der Waals surface area contributed by atoms with Crippen molar-refractivity contribution in [3.63, 3.8) is 0 Å². The summed E-state index contributed by atoms with van der Waals surface area (Å²) in [5.41, 5.74) is 1.84. The second-order valence-electron chi connectivity index (χ2n) is 9.05. The standard InChI is InChI=1S/C21H33N5O3/c1-15(2)19(27)25-8-9-26-18(13-25)10-16(24-26)12-22-20(28)23-17-11-21(29-14-17)6-4-3-5-7-21/h10,15,17H,3-9,11-14H2,1-2H3,(H2,22,23,28)/t17-/m0/s1. The highest BCUT2D eigenvalue weighted by Crippen LogP contribution is 2.39. The molecule has 3 aliphatic rings. The minimum Gasteiger partial charge on any atom is -0.373 e. The zero-order valence-corrected chi connectivity index (χ0v) is 17.6. The summed E-state index contributed by atoms with van der Waals surface area (Å²) in [5.74, 6) is 0.174. The van der Waals surface area contributed by atoms with E-state index in [9.17, 15) is 9.59 Å². The molecular formula is C21H33N5O3. The number of fused-ring (bicyclic) bond motifs is 1. The van der Waals surface area contributed by atoms with Gasteiger partial charge in [0.25, 0.3) is 0 Å². The number of amides is 3. The van der Waals surface area contributed by atoms with Crippen LogP contribution in [0.3, 0.4) is 0 Å². The molecule has 1 aromatic rings. The third-order valence-electron chi connectivity index (χ3n) is 6.39. The molecule has 0 radical (unpaired) electrons. The second kappa shape index (κ2) is 8.34. The first-order chi connectivity index (χ1) is 13.9. The molecule has 3 amide bonds. The number of hydrogen-bond acceptors (Lipinski definition) is 4. The summed E-state index contributed by atoms with van der Waals surface area (Å²) in [6, 6.07) is 1.89. The predicted octanol–water partition coefficient (Wildman–Crippen LogP) is 2.17. The van der Waals surface area contributed by atoms with Crippen molar-refractivity contribution in [3.8, 4) is 0 Å². The Morgan fingerprint density at radius 1 is 1.28 bits per heavy atom. The van der Waals surface area contributed by atoms with E-state index in [-0.39, 0.29) is 29.5 Å².